The first-order chi connectivity index (χ1) is 14.0. The number of benzene rings is 2. The van der Waals surface area contributed by atoms with Gasteiger partial charge in [0.05, 0.1) is 18.8 Å². The second-order valence-electron chi connectivity index (χ2n) is 7.63. The lowest BCUT2D eigenvalue weighted by Gasteiger charge is -2.36. The number of ether oxygens (including phenoxy) is 1. The first-order valence-corrected chi connectivity index (χ1v) is 10.7. The third kappa shape index (κ3) is 4.44. The van der Waals surface area contributed by atoms with Crippen LogP contribution in [0.5, 0.6) is 0 Å². The minimum absolute atomic E-state index is 0.315. The van der Waals surface area contributed by atoms with Crippen LogP contribution in [0, 0.1) is 6.92 Å². The highest BCUT2D eigenvalue weighted by atomic mass is 32.1. The third-order valence-corrected chi connectivity index (χ3v) is 6.71. The zero-order valence-corrected chi connectivity index (χ0v) is 17.2. The van der Waals surface area contributed by atoms with E-state index >= 15 is 0 Å². The fourth-order valence-corrected chi connectivity index (χ4v) is 4.86. The molecule has 0 radical (unpaired) electrons. The summed E-state index contributed by atoms with van der Waals surface area (Å²) in [5.74, 6) is 0. The average Bonchev–Trinajstić information content (AvgIpc) is 3.21. The summed E-state index contributed by atoms with van der Waals surface area (Å²) < 4.78 is 5.85. The van der Waals surface area contributed by atoms with Gasteiger partial charge in [-0.15, -0.1) is 11.3 Å². The highest BCUT2D eigenvalue weighted by molar-refractivity contribution is 7.15. The Hall–Kier alpha value is -2.02. The van der Waals surface area contributed by atoms with Crippen molar-refractivity contribution in [2.45, 2.75) is 44.2 Å². The Balaban J connectivity index is 1.54. The Bertz CT molecular complexity index is 953. The first kappa shape index (κ1) is 20.3. The Kier molecular flexibility index (Phi) is 6.13. The molecule has 0 spiro atoms. The smallest absolute Gasteiger partial charge is 0.110 e. The molecule has 0 aliphatic carbocycles. The van der Waals surface area contributed by atoms with Gasteiger partial charge in [0, 0.05) is 22.6 Å². The number of aliphatic hydroxyl groups is 3. The molecule has 5 heteroatoms. The maximum absolute atomic E-state index is 10.1. The van der Waals surface area contributed by atoms with Gasteiger partial charge < -0.3 is 20.1 Å². The third-order valence-electron chi connectivity index (χ3n) is 5.58. The van der Waals surface area contributed by atoms with Crippen LogP contribution in [-0.2, 0) is 11.2 Å². The zero-order valence-electron chi connectivity index (χ0n) is 16.4. The van der Waals surface area contributed by atoms with Crippen LogP contribution < -0.4 is 0 Å². The number of hydrogen-bond donors (Lipinski definition) is 3. The molecule has 0 unspecified atom stereocenters. The van der Waals surface area contributed by atoms with Crippen molar-refractivity contribution in [2.75, 3.05) is 6.61 Å². The summed E-state index contributed by atoms with van der Waals surface area (Å²) in [4.78, 5) is 2.55. The SMILES string of the molecule is Cc1ccc([C@H]2C[C@@H](O)[C@H](O)[C@@H](CO)O2)cc1Cc1ccc(-c2ccccc2)s1. The Labute approximate surface area is 175 Å². The summed E-state index contributed by atoms with van der Waals surface area (Å²) in [5.41, 5.74) is 4.62. The zero-order chi connectivity index (χ0) is 20.4. The molecule has 2 heterocycles. The van der Waals surface area contributed by atoms with Gasteiger partial charge in [0.15, 0.2) is 0 Å². The quantitative estimate of drug-likeness (QED) is 0.597. The van der Waals surface area contributed by atoms with Gasteiger partial charge in [0.1, 0.15) is 12.2 Å². The maximum atomic E-state index is 10.1. The number of aliphatic hydroxyl groups excluding tert-OH is 3. The predicted molar refractivity (Wildman–Crippen MR) is 115 cm³/mol. The van der Waals surface area contributed by atoms with Crippen LogP contribution in [0.3, 0.4) is 0 Å². The van der Waals surface area contributed by atoms with Gasteiger partial charge in [-0.05, 0) is 41.3 Å². The number of rotatable bonds is 5. The summed E-state index contributed by atoms with van der Waals surface area (Å²) in [6, 6.07) is 20.9. The van der Waals surface area contributed by atoms with Gasteiger partial charge in [-0.1, -0.05) is 48.5 Å². The Morgan fingerprint density at radius 3 is 2.59 bits per heavy atom. The molecule has 152 valence electrons. The molecule has 3 aromatic rings. The van der Waals surface area contributed by atoms with Crippen molar-refractivity contribution < 1.29 is 20.1 Å². The van der Waals surface area contributed by atoms with E-state index in [1.165, 1.54) is 26.4 Å². The summed E-state index contributed by atoms with van der Waals surface area (Å²) in [6.45, 7) is 1.78. The van der Waals surface area contributed by atoms with Crippen LogP contribution >= 0.6 is 11.3 Å². The lowest BCUT2D eigenvalue weighted by atomic mass is 9.92. The van der Waals surface area contributed by atoms with E-state index in [1.54, 1.807) is 11.3 Å². The molecule has 1 aliphatic rings. The van der Waals surface area contributed by atoms with Crippen molar-refractivity contribution in [1.82, 2.24) is 0 Å². The number of thiophene rings is 1. The molecular weight excluding hydrogens is 384 g/mol. The van der Waals surface area contributed by atoms with Crippen molar-refractivity contribution in [3.63, 3.8) is 0 Å². The van der Waals surface area contributed by atoms with Crippen LogP contribution in [0.1, 0.15) is 34.1 Å². The van der Waals surface area contributed by atoms with E-state index < -0.39 is 18.3 Å². The number of aryl methyl sites for hydroxylation is 1. The van der Waals surface area contributed by atoms with Gasteiger partial charge >= 0.3 is 0 Å². The maximum Gasteiger partial charge on any atom is 0.110 e. The standard InChI is InChI=1S/C24H26O4S/c1-15-7-8-17(21-13-20(26)24(27)22(14-25)28-21)11-18(15)12-19-9-10-23(29-19)16-5-3-2-4-6-16/h2-11,20-22,24-27H,12-14H2,1H3/t20-,21-,22-,24+/m1/s1. The lowest BCUT2D eigenvalue weighted by molar-refractivity contribution is -0.181. The highest BCUT2D eigenvalue weighted by Gasteiger charge is 2.36. The molecule has 1 aliphatic heterocycles. The van der Waals surface area contributed by atoms with Crippen LogP contribution in [0.15, 0.2) is 60.7 Å². The van der Waals surface area contributed by atoms with Crippen LogP contribution in [0.25, 0.3) is 10.4 Å². The lowest BCUT2D eigenvalue weighted by Crippen LogP contribution is -2.47. The van der Waals surface area contributed by atoms with E-state index in [2.05, 4.69) is 55.5 Å². The van der Waals surface area contributed by atoms with Crippen molar-refractivity contribution >= 4 is 11.3 Å². The van der Waals surface area contributed by atoms with Gasteiger partial charge in [0.2, 0.25) is 0 Å². The normalized spacial score (nSPS) is 24.6. The Morgan fingerprint density at radius 2 is 1.83 bits per heavy atom. The molecule has 0 saturated carbocycles. The summed E-state index contributed by atoms with van der Waals surface area (Å²) in [6.07, 6.45) is -1.91. The fourth-order valence-electron chi connectivity index (χ4n) is 3.82. The molecule has 0 amide bonds. The largest absolute Gasteiger partial charge is 0.394 e. The topological polar surface area (TPSA) is 69.9 Å². The monoisotopic (exact) mass is 410 g/mol. The van der Waals surface area contributed by atoms with E-state index in [-0.39, 0.29) is 12.7 Å². The van der Waals surface area contributed by atoms with E-state index in [9.17, 15) is 15.3 Å². The van der Waals surface area contributed by atoms with Crippen LogP contribution in [-0.4, -0.2) is 40.2 Å². The summed E-state index contributed by atoms with van der Waals surface area (Å²) in [7, 11) is 0. The first-order valence-electron chi connectivity index (χ1n) is 9.91. The van der Waals surface area contributed by atoms with Crippen molar-refractivity contribution in [3.8, 4) is 10.4 Å². The molecule has 4 rings (SSSR count). The predicted octanol–water partition coefficient (Wildman–Crippen LogP) is 3.86. The van der Waals surface area contributed by atoms with E-state index in [0.29, 0.717) is 6.42 Å². The van der Waals surface area contributed by atoms with Crippen LogP contribution in [0.2, 0.25) is 0 Å². The second-order valence-corrected chi connectivity index (χ2v) is 8.80. The van der Waals surface area contributed by atoms with Crippen LogP contribution in [0.4, 0.5) is 0 Å². The Morgan fingerprint density at radius 1 is 1.03 bits per heavy atom. The minimum Gasteiger partial charge on any atom is -0.394 e. The fraction of sp³-hybridized carbons (Fsp3) is 0.333. The average molecular weight is 411 g/mol. The van der Waals surface area contributed by atoms with Gasteiger partial charge in [0.25, 0.3) is 0 Å². The molecule has 4 atom stereocenters. The molecule has 2 aromatic carbocycles. The number of hydrogen-bond acceptors (Lipinski definition) is 5. The van der Waals surface area contributed by atoms with Crippen molar-refractivity contribution in [3.05, 3.63) is 82.2 Å². The van der Waals surface area contributed by atoms with E-state index in [1.807, 2.05) is 12.1 Å². The van der Waals surface area contributed by atoms with Gasteiger partial charge in [-0.25, -0.2) is 0 Å². The minimum atomic E-state index is -1.05. The molecule has 29 heavy (non-hydrogen) atoms. The van der Waals surface area contributed by atoms with Crippen molar-refractivity contribution in [2.24, 2.45) is 0 Å². The molecule has 1 fully saturated rings. The second kappa shape index (κ2) is 8.78. The molecule has 1 saturated heterocycles. The molecule has 3 N–H and O–H groups in total. The molecule has 1 aromatic heterocycles. The summed E-state index contributed by atoms with van der Waals surface area (Å²) in [5, 5.41) is 29.5. The molecule has 0 bridgehead atoms. The van der Waals surface area contributed by atoms with Crippen molar-refractivity contribution in [1.29, 1.82) is 0 Å². The van der Waals surface area contributed by atoms with E-state index in [0.717, 1.165) is 12.0 Å². The molecular formula is C24H26O4S. The molecule has 4 nitrogen and oxygen atoms in total. The summed E-state index contributed by atoms with van der Waals surface area (Å²) >= 11 is 1.80. The van der Waals surface area contributed by atoms with E-state index in [4.69, 9.17) is 4.74 Å². The highest BCUT2D eigenvalue weighted by Crippen LogP contribution is 2.34. The van der Waals surface area contributed by atoms with Gasteiger partial charge in [-0.3, -0.25) is 0 Å². The van der Waals surface area contributed by atoms with Gasteiger partial charge in [-0.2, -0.15) is 0 Å².